The molecule has 3 aromatic rings. The SMILES string of the molecule is Cc1ccc([N+](=O)[O-])cc1S(=O)(=O)Nc1ccc2c(c1)CCCN2S(=O)(=O)c1ccc(F)cc1. The predicted molar refractivity (Wildman–Crippen MR) is 124 cm³/mol. The second-order valence-electron chi connectivity index (χ2n) is 7.79. The monoisotopic (exact) mass is 505 g/mol. The molecule has 0 bridgehead atoms. The molecule has 0 spiro atoms. The number of nitrogens with zero attached hydrogens (tertiary/aromatic N) is 2. The molecular weight excluding hydrogens is 485 g/mol. The maximum absolute atomic E-state index is 13.2. The first-order valence-corrected chi connectivity index (χ1v) is 13.1. The minimum absolute atomic E-state index is 0.0484. The highest BCUT2D eigenvalue weighted by Gasteiger charge is 2.30. The van der Waals surface area contributed by atoms with E-state index < -0.39 is 30.8 Å². The second kappa shape index (κ2) is 8.69. The molecule has 34 heavy (non-hydrogen) atoms. The summed E-state index contributed by atoms with van der Waals surface area (Å²) in [6.45, 7) is 1.76. The van der Waals surface area contributed by atoms with E-state index in [0.29, 0.717) is 29.7 Å². The molecule has 1 heterocycles. The molecule has 3 aromatic carbocycles. The van der Waals surface area contributed by atoms with Crippen molar-refractivity contribution in [2.75, 3.05) is 15.6 Å². The van der Waals surface area contributed by atoms with E-state index >= 15 is 0 Å². The Kier molecular flexibility index (Phi) is 6.04. The lowest BCUT2D eigenvalue weighted by Crippen LogP contribution is -2.35. The molecule has 0 aromatic heterocycles. The highest BCUT2D eigenvalue weighted by atomic mass is 32.2. The average Bonchev–Trinajstić information content (AvgIpc) is 2.78. The Balaban J connectivity index is 1.66. The average molecular weight is 506 g/mol. The van der Waals surface area contributed by atoms with Crippen LogP contribution in [0.1, 0.15) is 17.5 Å². The zero-order valence-corrected chi connectivity index (χ0v) is 19.6. The number of nitrogens with one attached hydrogen (secondary N) is 1. The number of halogens is 1. The molecule has 4 rings (SSSR count). The first-order chi connectivity index (χ1) is 16.0. The first kappa shape index (κ1) is 23.6. The fraction of sp³-hybridized carbons (Fsp3) is 0.182. The minimum atomic E-state index is -4.14. The lowest BCUT2D eigenvalue weighted by atomic mass is 10.0. The van der Waals surface area contributed by atoms with Gasteiger partial charge in [0.1, 0.15) is 5.82 Å². The number of anilines is 2. The molecule has 0 unspecified atom stereocenters. The van der Waals surface area contributed by atoms with Gasteiger partial charge < -0.3 is 0 Å². The van der Waals surface area contributed by atoms with Gasteiger partial charge in [-0.15, -0.1) is 0 Å². The van der Waals surface area contributed by atoms with Crippen molar-refractivity contribution in [3.8, 4) is 0 Å². The molecule has 9 nitrogen and oxygen atoms in total. The smallest absolute Gasteiger partial charge is 0.270 e. The van der Waals surface area contributed by atoms with Crippen molar-refractivity contribution >= 4 is 37.1 Å². The third-order valence-corrected chi connectivity index (χ3v) is 8.83. The molecule has 1 aliphatic rings. The number of aryl methyl sites for hydroxylation is 2. The fourth-order valence-electron chi connectivity index (χ4n) is 3.81. The van der Waals surface area contributed by atoms with Gasteiger partial charge in [0, 0.05) is 24.4 Å². The molecule has 1 aliphatic heterocycles. The zero-order valence-electron chi connectivity index (χ0n) is 17.9. The molecule has 0 saturated carbocycles. The molecule has 1 N–H and O–H groups in total. The number of benzene rings is 3. The first-order valence-electron chi connectivity index (χ1n) is 10.2. The number of hydrogen-bond acceptors (Lipinski definition) is 6. The lowest BCUT2D eigenvalue weighted by Gasteiger charge is -2.31. The number of non-ortho nitro benzene ring substituents is 1. The van der Waals surface area contributed by atoms with Gasteiger partial charge >= 0.3 is 0 Å². The van der Waals surface area contributed by atoms with E-state index in [1.165, 1.54) is 47.6 Å². The van der Waals surface area contributed by atoms with Gasteiger partial charge in [0.15, 0.2) is 0 Å². The summed E-state index contributed by atoms with van der Waals surface area (Å²) in [6.07, 6.45) is 1.03. The molecule has 178 valence electrons. The van der Waals surface area contributed by atoms with Gasteiger partial charge in [0.2, 0.25) is 0 Å². The standard InChI is InChI=1S/C22H20FN3O6S2/c1-15-4-8-19(26(27)28)14-22(15)33(29,30)24-18-7-11-21-16(13-18)3-2-12-25(21)34(31,32)20-9-5-17(23)6-10-20/h4-11,13-14,24H,2-3,12H2,1H3. The van der Waals surface area contributed by atoms with Crippen LogP contribution in [-0.4, -0.2) is 28.3 Å². The zero-order chi connectivity index (χ0) is 24.7. The Morgan fingerprint density at radius 3 is 2.38 bits per heavy atom. The maximum Gasteiger partial charge on any atom is 0.270 e. The van der Waals surface area contributed by atoms with Gasteiger partial charge in [0.25, 0.3) is 25.7 Å². The third-order valence-electron chi connectivity index (χ3n) is 5.48. The van der Waals surface area contributed by atoms with Crippen LogP contribution in [0.25, 0.3) is 0 Å². The Hall–Kier alpha value is -3.51. The van der Waals surface area contributed by atoms with Crippen molar-refractivity contribution in [2.24, 2.45) is 0 Å². The lowest BCUT2D eigenvalue weighted by molar-refractivity contribution is -0.385. The van der Waals surface area contributed by atoms with Gasteiger partial charge in [0.05, 0.1) is 20.4 Å². The second-order valence-corrected chi connectivity index (χ2v) is 11.3. The van der Waals surface area contributed by atoms with Crippen LogP contribution >= 0.6 is 0 Å². The van der Waals surface area contributed by atoms with Crippen LogP contribution in [0.3, 0.4) is 0 Å². The van der Waals surface area contributed by atoms with Gasteiger partial charge in [-0.2, -0.15) is 0 Å². The maximum atomic E-state index is 13.2. The number of sulfonamides is 2. The van der Waals surface area contributed by atoms with Crippen LogP contribution in [0.4, 0.5) is 21.5 Å². The summed E-state index contributed by atoms with van der Waals surface area (Å²) >= 11 is 0. The molecule has 0 amide bonds. The number of nitro groups is 1. The Morgan fingerprint density at radius 1 is 1.00 bits per heavy atom. The van der Waals surface area contributed by atoms with Crippen LogP contribution in [0.15, 0.2) is 70.5 Å². The topological polar surface area (TPSA) is 127 Å². The van der Waals surface area contributed by atoms with Gasteiger partial charge in [-0.05, 0) is 73.4 Å². The van der Waals surface area contributed by atoms with Gasteiger partial charge in [-0.1, -0.05) is 6.07 Å². The summed E-state index contributed by atoms with van der Waals surface area (Å²) in [7, 11) is -8.07. The number of fused-ring (bicyclic) bond motifs is 1. The van der Waals surface area contributed by atoms with Crippen LogP contribution in [0.5, 0.6) is 0 Å². The van der Waals surface area contributed by atoms with Crippen molar-refractivity contribution in [2.45, 2.75) is 29.6 Å². The van der Waals surface area contributed by atoms with Crippen molar-refractivity contribution in [1.82, 2.24) is 0 Å². The molecule has 0 fully saturated rings. The number of rotatable bonds is 6. The highest BCUT2D eigenvalue weighted by molar-refractivity contribution is 7.93. The van der Waals surface area contributed by atoms with Gasteiger partial charge in [-0.25, -0.2) is 21.2 Å². The molecular formula is C22H20FN3O6S2. The summed E-state index contributed by atoms with van der Waals surface area (Å²) < 4.78 is 69.0. The van der Waals surface area contributed by atoms with Gasteiger partial charge in [-0.3, -0.25) is 19.1 Å². The number of hydrogen-bond donors (Lipinski definition) is 1. The summed E-state index contributed by atoms with van der Waals surface area (Å²) in [4.78, 5) is 10.1. The van der Waals surface area contributed by atoms with Crippen LogP contribution in [0, 0.1) is 22.9 Å². The van der Waals surface area contributed by atoms with E-state index in [4.69, 9.17) is 0 Å². The van der Waals surface area contributed by atoms with Crippen molar-refractivity contribution in [3.63, 3.8) is 0 Å². The van der Waals surface area contributed by atoms with Crippen LogP contribution in [0.2, 0.25) is 0 Å². The van der Waals surface area contributed by atoms with E-state index in [1.807, 2.05) is 0 Å². The molecule has 0 radical (unpaired) electrons. The van der Waals surface area contributed by atoms with E-state index in [-0.39, 0.29) is 27.7 Å². The van der Waals surface area contributed by atoms with E-state index in [2.05, 4.69) is 4.72 Å². The molecule has 12 heteroatoms. The van der Waals surface area contributed by atoms with E-state index in [0.717, 1.165) is 18.2 Å². The molecule has 0 aliphatic carbocycles. The van der Waals surface area contributed by atoms with E-state index in [1.54, 1.807) is 6.07 Å². The Bertz CT molecular complexity index is 1490. The Morgan fingerprint density at radius 2 is 1.71 bits per heavy atom. The highest BCUT2D eigenvalue weighted by Crippen LogP contribution is 2.34. The largest absolute Gasteiger partial charge is 0.280 e. The fourth-order valence-corrected chi connectivity index (χ4v) is 6.67. The van der Waals surface area contributed by atoms with Crippen molar-refractivity contribution in [1.29, 1.82) is 0 Å². The number of nitro benzene ring substituents is 1. The minimum Gasteiger partial charge on any atom is -0.280 e. The predicted octanol–water partition coefficient (Wildman–Crippen LogP) is 3.98. The van der Waals surface area contributed by atoms with Crippen molar-refractivity contribution in [3.05, 3.63) is 87.7 Å². The normalized spacial score (nSPS) is 13.9. The molecule has 0 atom stereocenters. The summed E-state index contributed by atoms with van der Waals surface area (Å²) in [5.41, 5.74) is 1.22. The third kappa shape index (κ3) is 4.46. The van der Waals surface area contributed by atoms with Crippen molar-refractivity contribution < 1.29 is 26.1 Å². The quantitative estimate of drug-likeness (QED) is 0.399. The summed E-state index contributed by atoms with van der Waals surface area (Å²) in [5, 5.41) is 11.1. The Labute approximate surface area is 196 Å². The molecule has 0 saturated heterocycles. The summed E-state index contributed by atoms with van der Waals surface area (Å²) in [6, 6.07) is 12.6. The van der Waals surface area contributed by atoms with Crippen LogP contribution in [-0.2, 0) is 26.5 Å². The summed E-state index contributed by atoms with van der Waals surface area (Å²) in [5.74, 6) is -0.547. The van der Waals surface area contributed by atoms with Crippen LogP contribution < -0.4 is 9.03 Å². The van der Waals surface area contributed by atoms with E-state index in [9.17, 15) is 31.3 Å².